The normalized spacial score (nSPS) is 14.2. The lowest BCUT2D eigenvalue weighted by Gasteiger charge is -2.09. The third-order valence-corrected chi connectivity index (χ3v) is 3.90. The fourth-order valence-electron chi connectivity index (χ4n) is 1.89. The number of hydrogen-bond acceptors (Lipinski definition) is 5. The molecule has 7 nitrogen and oxygen atoms in total. The highest BCUT2D eigenvalue weighted by Crippen LogP contribution is 2.40. The minimum atomic E-state index is -0.888. The van der Waals surface area contributed by atoms with Crippen LogP contribution in [0.2, 0.25) is 0 Å². The Morgan fingerprint density at radius 2 is 2.20 bits per heavy atom. The van der Waals surface area contributed by atoms with Crippen molar-refractivity contribution in [1.82, 2.24) is 20.1 Å². The highest BCUT2D eigenvalue weighted by atomic mass is 32.2. The summed E-state index contributed by atoms with van der Waals surface area (Å²) in [5, 5.41) is 20.3. The second-order valence-corrected chi connectivity index (χ2v) is 5.60. The van der Waals surface area contributed by atoms with Crippen LogP contribution in [-0.2, 0) is 16.1 Å². The van der Waals surface area contributed by atoms with Gasteiger partial charge in [-0.25, -0.2) is 0 Å². The fourth-order valence-corrected chi connectivity index (χ4v) is 2.58. The molecule has 0 atom stereocenters. The van der Waals surface area contributed by atoms with Crippen LogP contribution in [0, 0.1) is 0 Å². The smallest absolute Gasteiger partial charge is 0.313 e. The van der Waals surface area contributed by atoms with E-state index in [1.165, 1.54) is 0 Å². The number of carboxylic acids is 1. The van der Waals surface area contributed by atoms with E-state index in [-0.39, 0.29) is 11.7 Å². The summed E-state index contributed by atoms with van der Waals surface area (Å²) in [5.41, 5.74) is 0. The quantitative estimate of drug-likeness (QED) is 0.691. The summed E-state index contributed by atoms with van der Waals surface area (Å²) >= 11 is 1.14. The second-order valence-electron chi connectivity index (χ2n) is 4.65. The Balaban J connectivity index is 2.04. The minimum Gasteiger partial charge on any atom is -0.481 e. The van der Waals surface area contributed by atoms with Gasteiger partial charge in [0.05, 0.1) is 5.75 Å². The first-order valence-electron chi connectivity index (χ1n) is 6.66. The van der Waals surface area contributed by atoms with Gasteiger partial charge in [-0.3, -0.25) is 9.59 Å². The van der Waals surface area contributed by atoms with Gasteiger partial charge >= 0.3 is 5.97 Å². The van der Waals surface area contributed by atoms with E-state index < -0.39 is 5.97 Å². The predicted molar refractivity (Wildman–Crippen MR) is 73.7 cm³/mol. The monoisotopic (exact) mass is 298 g/mol. The van der Waals surface area contributed by atoms with E-state index in [1.807, 2.05) is 11.5 Å². The summed E-state index contributed by atoms with van der Waals surface area (Å²) < 4.78 is 1.89. The van der Waals surface area contributed by atoms with Crippen LogP contribution < -0.4 is 5.32 Å². The minimum absolute atomic E-state index is 0.0165. The molecule has 1 amide bonds. The van der Waals surface area contributed by atoms with Gasteiger partial charge in [0.25, 0.3) is 0 Å². The zero-order chi connectivity index (χ0) is 14.5. The van der Waals surface area contributed by atoms with E-state index in [0.717, 1.165) is 30.4 Å². The van der Waals surface area contributed by atoms with Crippen molar-refractivity contribution in [3.8, 4) is 0 Å². The van der Waals surface area contributed by atoms with Crippen LogP contribution in [0.15, 0.2) is 5.16 Å². The summed E-state index contributed by atoms with van der Waals surface area (Å²) in [5.74, 6) is 0.334. The van der Waals surface area contributed by atoms with Crippen molar-refractivity contribution < 1.29 is 14.7 Å². The number of carbonyl (C=O) groups excluding carboxylic acids is 1. The lowest BCUT2D eigenvalue weighted by atomic mass is 10.3. The number of carbonyl (C=O) groups is 2. The SMILES string of the molecule is CCNC(=O)CCn1c(SCC(=O)O)nnc1C1CC1. The van der Waals surface area contributed by atoms with Gasteiger partial charge in [0.15, 0.2) is 5.16 Å². The number of amides is 1. The molecule has 0 unspecified atom stereocenters. The van der Waals surface area contributed by atoms with Crippen molar-refractivity contribution in [3.05, 3.63) is 5.82 Å². The number of rotatable bonds is 8. The van der Waals surface area contributed by atoms with Gasteiger partial charge in [0.1, 0.15) is 5.82 Å². The van der Waals surface area contributed by atoms with E-state index >= 15 is 0 Å². The molecule has 1 aromatic heterocycles. The molecule has 0 radical (unpaired) electrons. The zero-order valence-electron chi connectivity index (χ0n) is 11.3. The summed E-state index contributed by atoms with van der Waals surface area (Å²) in [4.78, 5) is 22.2. The zero-order valence-corrected chi connectivity index (χ0v) is 12.2. The molecule has 1 aromatic rings. The van der Waals surface area contributed by atoms with E-state index in [4.69, 9.17) is 5.11 Å². The number of aromatic nitrogens is 3. The van der Waals surface area contributed by atoms with E-state index in [9.17, 15) is 9.59 Å². The molecule has 20 heavy (non-hydrogen) atoms. The molecule has 1 aliphatic carbocycles. The largest absolute Gasteiger partial charge is 0.481 e. The molecule has 2 N–H and O–H groups in total. The Kier molecular flexibility index (Phi) is 4.99. The van der Waals surface area contributed by atoms with Crippen LogP contribution in [0.3, 0.4) is 0 Å². The summed E-state index contributed by atoms with van der Waals surface area (Å²) in [6, 6.07) is 0. The Hall–Kier alpha value is -1.57. The van der Waals surface area contributed by atoms with Crippen LogP contribution in [0.25, 0.3) is 0 Å². The van der Waals surface area contributed by atoms with Gasteiger partial charge < -0.3 is 15.0 Å². The maximum atomic E-state index is 11.5. The molecule has 0 aliphatic heterocycles. The summed E-state index contributed by atoms with van der Waals surface area (Å²) in [6.45, 7) is 2.98. The van der Waals surface area contributed by atoms with Crippen molar-refractivity contribution >= 4 is 23.6 Å². The van der Waals surface area contributed by atoms with Crippen LogP contribution in [0.5, 0.6) is 0 Å². The molecule has 1 aliphatic rings. The molecule has 1 heterocycles. The molecule has 0 aromatic carbocycles. The number of nitrogens with one attached hydrogen (secondary N) is 1. The Morgan fingerprint density at radius 1 is 1.45 bits per heavy atom. The van der Waals surface area contributed by atoms with Gasteiger partial charge in [-0.2, -0.15) is 0 Å². The molecule has 2 rings (SSSR count). The fraction of sp³-hybridized carbons (Fsp3) is 0.667. The first-order chi connectivity index (χ1) is 9.61. The molecule has 1 saturated carbocycles. The first kappa shape index (κ1) is 14.8. The van der Waals surface area contributed by atoms with Crippen molar-refractivity contribution in [3.63, 3.8) is 0 Å². The van der Waals surface area contributed by atoms with Gasteiger partial charge in [-0.15, -0.1) is 10.2 Å². The maximum absolute atomic E-state index is 11.5. The first-order valence-corrected chi connectivity index (χ1v) is 7.64. The molecule has 1 fully saturated rings. The predicted octanol–water partition coefficient (Wildman–Crippen LogP) is 0.858. The highest BCUT2D eigenvalue weighted by Gasteiger charge is 2.30. The third-order valence-electron chi connectivity index (χ3n) is 2.95. The number of carboxylic acid groups (broad SMARTS) is 1. The number of nitrogens with zero attached hydrogens (tertiary/aromatic N) is 3. The third kappa shape index (κ3) is 3.96. The average Bonchev–Trinajstić information content (AvgIpc) is 3.16. The van der Waals surface area contributed by atoms with Gasteiger partial charge in [-0.1, -0.05) is 11.8 Å². The van der Waals surface area contributed by atoms with E-state index in [1.54, 1.807) is 0 Å². The van der Waals surface area contributed by atoms with Crippen molar-refractivity contribution in [1.29, 1.82) is 0 Å². The average molecular weight is 298 g/mol. The molecular weight excluding hydrogens is 280 g/mol. The number of aliphatic carboxylic acids is 1. The van der Waals surface area contributed by atoms with Gasteiger partial charge in [0.2, 0.25) is 5.91 Å². The van der Waals surface area contributed by atoms with Gasteiger partial charge in [-0.05, 0) is 19.8 Å². The Labute approximate surface area is 121 Å². The van der Waals surface area contributed by atoms with Crippen molar-refractivity contribution in [2.45, 2.75) is 43.8 Å². The molecule has 0 bridgehead atoms. The van der Waals surface area contributed by atoms with Crippen molar-refractivity contribution in [2.24, 2.45) is 0 Å². The molecule has 110 valence electrons. The maximum Gasteiger partial charge on any atom is 0.313 e. The highest BCUT2D eigenvalue weighted by molar-refractivity contribution is 7.99. The second kappa shape index (κ2) is 6.74. The molecule has 0 spiro atoms. The molecule has 0 saturated heterocycles. The Bertz CT molecular complexity index is 499. The van der Waals surface area contributed by atoms with Crippen LogP contribution in [-0.4, -0.2) is 44.0 Å². The molecule has 8 heteroatoms. The van der Waals surface area contributed by atoms with Crippen LogP contribution >= 0.6 is 11.8 Å². The van der Waals surface area contributed by atoms with Gasteiger partial charge in [0, 0.05) is 25.4 Å². The number of hydrogen-bond donors (Lipinski definition) is 2. The topological polar surface area (TPSA) is 97.1 Å². The van der Waals surface area contributed by atoms with Crippen LogP contribution in [0.1, 0.15) is 37.9 Å². The lowest BCUT2D eigenvalue weighted by Crippen LogP contribution is -2.24. The van der Waals surface area contributed by atoms with Crippen LogP contribution in [0.4, 0.5) is 0 Å². The number of thioether (sulfide) groups is 1. The lowest BCUT2D eigenvalue weighted by molar-refractivity contribution is -0.134. The van der Waals surface area contributed by atoms with E-state index in [2.05, 4.69) is 15.5 Å². The molecular formula is C12H18N4O3S. The summed E-state index contributed by atoms with van der Waals surface area (Å²) in [7, 11) is 0. The Morgan fingerprint density at radius 3 is 2.80 bits per heavy atom. The summed E-state index contributed by atoms with van der Waals surface area (Å²) in [6.07, 6.45) is 2.53. The van der Waals surface area contributed by atoms with Crippen molar-refractivity contribution in [2.75, 3.05) is 12.3 Å². The van der Waals surface area contributed by atoms with E-state index in [0.29, 0.717) is 30.6 Å². The standard InChI is InChI=1S/C12H18N4O3S/c1-2-13-9(17)5-6-16-11(8-3-4-8)14-15-12(16)20-7-10(18)19/h8H,2-7H2,1H3,(H,13,17)(H,18,19).